The number of carbonyl (C=O) groups excluding carboxylic acids is 2. The molecule has 134 valence electrons. The molecule has 8 heteroatoms. The first-order chi connectivity index (χ1) is 11.9. The molecule has 0 atom stereocenters. The third-order valence-electron chi connectivity index (χ3n) is 3.55. The molecule has 0 saturated carbocycles. The van der Waals surface area contributed by atoms with Crippen LogP contribution in [0.15, 0.2) is 24.3 Å². The van der Waals surface area contributed by atoms with E-state index in [0.29, 0.717) is 23.8 Å². The van der Waals surface area contributed by atoms with Crippen LogP contribution in [0.2, 0.25) is 10.2 Å². The van der Waals surface area contributed by atoms with Crippen LogP contribution in [0.1, 0.15) is 35.0 Å². The Morgan fingerprint density at radius 2 is 1.92 bits per heavy atom. The Hall–Kier alpha value is -2.05. The highest BCUT2D eigenvalue weighted by atomic mass is 35.5. The summed E-state index contributed by atoms with van der Waals surface area (Å²) in [5, 5.41) is 10.4. The number of hydrogen-bond acceptors (Lipinski definition) is 3. The summed E-state index contributed by atoms with van der Waals surface area (Å²) in [4.78, 5) is 23.9. The third kappa shape index (κ3) is 4.96. The predicted molar refractivity (Wildman–Crippen MR) is 98.2 cm³/mol. The van der Waals surface area contributed by atoms with Crippen LogP contribution >= 0.6 is 23.2 Å². The summed E-state index contributed by atoms with van der Waals surface area (Å²) in [7, 11) is 0. The van der Waals surface area contributed by atoms with Gasteiger partial charge in [0.1, 0.15) is 5.15 Å². The lowest BCUT2D eigenvalue weighted by Crippen LogP contribution is -2.37. The first-order valence-electron chi connectivity index (χ1n) is 7.95. The highest BCUT2D eigenvalue weighted by Crippen LogP contribution is 2.23. The average molecular weight is 383 g/mol. The van der Waals surface area contributed by atoms with Crippen molar-refractivity contribution in [1.29, 1.82) is 0 Å². The Balaban J connectivity index is 2.09. The predicted octanol–water partition coefficient (Wildman–Crippen LogP) is 2.80. The third-order valence-corrected chi connectivity index (χ3v) is 4.30. The minimum absolute atomic E-state index is 0.107. The average Bonchev–Trinajstić information content (AvgIpc) is 2.86. The first-order valence-corrected chi connectivity index (χ1v) is 8.70. The van der Waals surface area contributed by atoms with Gasteiger partial charge in [-0.1, -0.05) is 48.3 Å². The number of hydrogen-bond donors (Lipinski definition) is 2. The quantitative estimate of drug-likeness (QED) is 0.772. The Morgan fingerprint density at radius 3 is 2.60 bits per heavy atom. The van der Waals surface area contributed by atoms with Gasteiger partial charge in [0.2, 0.25) is 5.91 Å². The molecule has 0 fully saturated rings. The van der Waals surface area contributed by atoms with Gasteiger partial charge in [-0.25, -0.2) is 4.68 Å². The molecule has 0 spiro atoms. The molecular formula is C17H20Cl2N4O2. The Morgan fingerprint density at radius 1 is 1.20 bits per heavy atom. The van der Waals surface area contributed by atoms with Crippen LogP contribution in [0.25, 0.3) is 0 Å². The number of nitrogens with zero attached hydrogens (tertiary/aromatic N) is 2. The Bertz CT molecular complexity index is 774. The lowest BCUT2D eigenvalue weighted by atomic mass is 10.2. The van der Waals surface area contributed by atoms with Gasteiger partial charge in [0, 0.05) is 11.6 Å². The largest absolute Gasteiger partial charge is 0.355 e. The van der Waals surface area contributed by atoms with Crippen LogP contribution in [0, 0.1) is 6.92 Å². The van der Waals surface area contributed by atoms with Crippen LogP contribution in [-0.2, 0) is 11.3 Å². The molecule has 2 aromatic rings. The molecule has 1 heterocycles. The van der Waals surface area contributed by atoms with Crippen molar-refractivity contribution in [2.45, 2.75) is 26.8 Å². The molecule has 0 saturated heterocycles. The molecule has 0 aliphatic carbocycles. The molecule has 2 rings (SSSR count). The zero-order valence-electron chi connectivity index (χ0n) is 14.1. The minimum Gasteiger partial charge on any atom is -0.355 e. The van der Waals surface area contributed by atoms with Crippen LogP contribution in [0.3, 0.4) is 0 Å². The zero-order valence-corrected chi connectivity index (χ0v) is 15.6. The lowest BCUT2D eigenvalue weighted by molar-refractivity contribution is -0.120. The molecule has 1 aromatic heterocycles. The topological polar surface area (TPSA) is 76.0 Å². The number of aromatic nitrogens is 2. The fraction of sp³-hybridized carbons (Fsp3) is 0.353. The highest BCUT2D eigenvalue weighted by molar-refractivity contribution is 6.33. The zero-order chi connectivity index (χ0) is 18.4. The smallest absolute Gasteiger partial charge is 0.256 e. The van der Waals surface area contributed by atoms with E-state index < -0.39 is 5.91 Å². The van der Waals surface area contributed by atoms with E-state index in [2.05, 4.69) is 15.7 Å². The lowest BCUT2D eigenvalue weighted by Gasteiger charge is -2.07. The van der Waals surface area contributed by atoms with E-state index in [0.717, 1.165) is 12.0 Å². The standard InChI is InChI=1S/C17H20Cl2N4O2/c1-3-8-20-14(24)9-21-17(25)15-11(2)22-23(16(15)19)10-12-6-4-5-7-13(12)18/h4-7H,3,8-10H2,1-2H3,(H,20,24)(H,21,25). The fourth-order valence-corrected chi connectivity index (χ4v) is 2.80. The first kappa shape index (κ1) is 19.3. The molecule has 25 heavy (non-hydrogen) atoms. The number of benzene rings is 1. The van der Waals surface area contributed by atoms with Crippen LogP contribution in [0.5, 0.6) is 0 Å². The van der Waals surface area contributed by atoms with Crippen LogP contribution in [0.4, 0.5) is 0 Å². The van der Waals surface area contributed by atoms with E-state index in [1.807, 2.05) is 25.1 Å². The summed E-state index contributed by atoms with van der Waals surface area (Å²) in [5.74, 6) is -0.674. The second-order valence-electron chi connectivity index (χ2n) is 5.53. The molecule has 0 bridgehead atoms. The summed E-state index contributed by atoms with van der Waals surface area (Å²) in [6.07, 6.45) is 0.833. The van der Waals surface area contributed by atoms with E-state index in [4.69, 9.17) is 23.2 Å². The number of rotatable bonds is 7. The summed E-state index contributed by atoms with van der Waals surface area (Å²) in [6, 6.07) is 7.36. The van der Waals surface area contributed by atoms with Gasteiger partial charge in [-0.15, -0.1) is 0 Å². The van der Waals surface area contributed by atoms with Crippen molar-refractivity contribution in [1.82, 2.24) is 20.4 Å². The maximum Gasteiger partial charge on any atom is 0.256 e. The van der Waals surface area contributed by atoms with Gasteiger partial charge >= 0.3 is 0 Å². The van der Waals surface area contributed by atoms with Gasteiger partial charge in [-0.05, 0) is 25.0 Å². The number of aryl methyl sites for hydroxylation is 1. The SMILES string of the molecule is CCCNC(=O)CNC(=O)c1c(C)nn(Cc2ccccc2Cl)c1Cl. The second kappa shape index (κ2) is 8.87. The molecule has 2 amide bonds. The number of halogens is 2. The van der Waals surface area contributed by atoms with Crippen molar-refractivity contribution < 1.29 is 9.59 Å². The Labute approximate surface area is 156 Å². The number of amides is 2. The van der Waals surface area contributed by atoms with Gasteiger partial charge in [0.25, 0.3) is 5.91 Å². The van der Waals surface area contributed by atoms with Crippen molar-refractivity contribution in [2.75, 3.05) is 13.1 Å². The van der Waals surface area contributed by atoms with Crippen molar-refractivity contribution >= 4 is 35.0 Å². The number of nitrogens with one attached hydrogen (secondary N) is 2. The van der Waals surface area contributed by atoms with Crippen molar-refractivity contribution in [3.63, 3.8) is 0 Å². The molecule has 6 nitrogen and oxygen atoms in total. The maximum absolute atomic E-state index is 12.3. The molecule has 0 unspecified atom stereocenters. The van der Waals surface area contributed by atoms with Crippen LogP contribution < -0.4 is 10.6 Å². The summed E-state index contributed by atoms with van der Waals surface area (Å²) >= 11 is 12.5. The molecule has 1 aromatic carbocycles. The number of carbonyl (C=O) groups is 2. The van der Waals surface area contributed by atoms with Gasteiger partial charge < -0.3 is 10.6 Å². The Kier molecular flexibility index (Phi) is 6.84. The van der Waals surface area contributed by atoms with E-state index in [1.54, 1.807) is 13.0 Å². The molecule has 0 aliphatic heterocycles. The van der Waals surface area contributed by atoms with E-state index in [9.17, 15) is 9.59 Å². The van der Waals surface area contributed by atoms with Crippen molar-refractivity contribution in [3.05, 3.63) is 51.3 Å². The van der Waals surface area contributed by atoms with E-state index in [1.165, 1.54) is 4.68 Å². The van der Waals surface area contributed by atoms with Crippen molar-refractivity contribution in [3.8, 4) is 0 Å². The highest BCUT2D eigenvalue weighted by Gasteiger charge is 2.21. The fourth-order valence-electron chi connectivity index (χ4n) is 2.28. The van der Waals surface area contributed by atoms with Gasteiger partial charge in [0.15, 0.2) is 0 Å². The summed E-state index contributed by atoms with van der Waals surface area (Å²) in [6.45, 7) is 4.47. The summed E-state index contributed by atoms with van der Waals surface area (Å²) in [5.41, 5.74) is 1.60. The molecule has 0 aliphatic rings. The van der Waals surface area contributed by atoms with E-state index in [-0.39, 0.29) is 23.2 Å². The normalized spacial score (nSPS) is 10.6. The monoisotopic (exact) mass is 382 g/mol. The van der Waals surface area contributed by atoms with E-state index >= 15 is 0 Å². The van der Waals surface area contributed by atoms with Gasteiger partial charge in [-0.2, -0.15) is 5.10 Å². The maximum atomic E-state index is 12.3. The summed E-state index contributed by atoms with van der Waals surface area (Å²) < 4.78 is 1.52. The van der Waals surface area contributed by atoms with Crippen LogP contribution in [-0.4, -0.2) is 34.7 Å². The van der Waals surface area contributed by atoms with Gasteiger partial charge in [0.05, 0.1) is 24.3 Å². The molecule has 2 N–H and O–H groups in total. The minimum atomic E-state index is -0.431. The van der Waals surface area contributed by atoms with Crippen molar-refractivity contribution in [2.24, 2.45) is 0 Å². The van der Waals surface area contributed by atoms with Gasteiger partial charge in [-0.3, -0.25) is 9.59 Å². The molecule has 0 radical (unpaired) electrons. The molecular weight excluding hydrogens is 363 g/mol. The second-order valence-corrected chi connectivity index (χ2v) is 6.30.